The van der Waals surface area contributed by atoms with Gasteiger partial charge < -0.3 is 14.4 Å². The van der Waals surface area contributed by atoms with Gasteiger partial charge in [-0.3, -0.25) is 9.05 Å². The maximum atomic E-state index is 14.4. The van der Waals surface area contributed by atoms with E-state index in [1.165, 1.54) is 0 Å². The molecule has 43 heavy (non-hydrogen) atoms. The fourth-order valence-electron chi connectivity index (χ4n) is 6.54. The van der Waals surface area contributed by atoms with Crippen LogP contribution >= 0.6 is 7.82 Å². The van der Waals surface area contributed by atoms with Gasteiger partial charge >= 0.3 is 7.82 Å². The van der Waals surface area contributed by atoms with Crippen molar-refractivity contribution in [1.82, 2.24) is 0 Å². The lowest BCUT2D eigenvalue weighted by Crippen LogP contribution is -2.53. The molecule has 2 aliphatic heterocycles. The molecule has 1 N–H and O–H groups in total. The van der Waals surface area contributed by atoms with Gasteiger partial charge in [0.2, 0.25) is 0 Å². The minimum Gasteiger partial charge on any atom is -0.336 e. The molecule has 0 spiro atoms. The number of phosphoric acid groups is 1. The van der Waals surface area contributed by atoms with E-state index in [-0.39, 0.29) is 0 Å². The smallest absolute Gasteiger partial charge is 0.336 e. The molecule has 2 fully saturated rings. The fraction of sp³-hybridized carbons (Fsp3) is 0.167. The van der Waals surface area contributed by atoms with Crippen molar-refractivity contribution in [3.05, 3.63) is 179 Å². The molecular weight excluding hydrogens is 559 g/mol. The van der Waals surface area contributed by atoms with Crippen LogP contribution in [0.3, 0.4) is 0 Å². The molecule has 2 saturated heterocycles. The van der Waals surface area contributed by atoms with Crippen LogP contribution in [-0.4, -0.2) is 17.1 Å². The van der Waals surface area contributed by atoms with E-state index in [1.807, 2.05) is 159 Å². The largest absolute Gasteiger partial charge is 0.474 e. The van der Waals surface area contributed by atoms with Crippen LogP contribution in [0.15, 0.2) is 152 Å². The van der Waals surface area contributed by atoms with E-state index in [1.54, 1.807) is 0 Å². The molecule has 7 heteroatoms. The molecule has 0 aromatic heterocycles. The van der Waals surface area contributed by atoms with Crippen LogP contribution in [0.5, 0.6) is 0 Å². The zero-order valence-corrected chi connectivity index (χ0v) is 24.4. The standard InChI is InChI=1S/C36H31O6P/c1-34(27-17-7-2-8-18-27)39-32-33(40-34)36(30-23-13-5-14-24-30,31-25-15-6-16-26-31)42-43(37,38)41-35(32,28-19-9-3-10-20-28)29-21-11-4-12-22-29/h2-26,32-33H,1H3,(H,37,38)/t32-,33-/m1/s1. The zero-order valence-electron chi connectivity index (χ0n) is 23.5. The highest BCUT2D eigenvalue weighted by Gasteiger charge is 2.69. The van der Waals surface area contributed by atoms with E-state index in [9.17, 15) is 9.46 Å². The van der Waals surface area contributed by atoms with E-state index in [4.69, 9.17) is 18.5 Å². The lowest BCUT2D eigenvalue weighted by atomic mass is 9.72. The normalized spacial score (nSPS) is 23.1. The molecular formula is C36H31O6P. The van der Waals surface area contributed by atoms with Gasteiger partial charge in [-0.15, -0.1) is 0 Å². The monoisotopic (exact) mass is 590 g/mol. The van der Waals surface area contributed by atoms with Crippen molar-refractivity contribution in [1.29, 1.82) is 0 Å². The topological polar surface area (TPSA) is 74.2 Å². The van der Waals surface area contributed by atoms with Crippen molar-refractivity contribution in [2.75, 3.05) is 0 Å². The number of phosphoric ester groups is 1. The zero-order chi connectivity index (χ0) is 29.5. The molecule has 7 rings (SSSR count). The molecule has 0 unspecified atom stereocenters. The summed E-state index contributed by atoms with van der Waals surface area (Å²) >= 11 is 0. The predicted molar refractivity (Wildman–Crippen MR) is 163 cm³/mol. The number of hydrogen-bond acceptors (Lipinski definition) is 5. The van der Waals surface area contributed by atoms with Gasteiger partial charge in [0.05, 0.1) is 0 Å². The fourth-order valence-corrected chi connectivity index (χ4v) is 7.93. The van der Waals surface area contributed by atoms with Crippen LogP contribution in [0, 0.1) is 0 Å². The lowest BCUT2D eigenvalue weighted by molar-refractivity contribution is -0.198. The van der Waals surface area contributed by atoms with Gasteiger partial charge in [-0.1, -0.05) is 152 Å². The summed E-state index contributed by atoms with van der Waals surface area (Å²) in [6.45, 7) is 1.87. The number of benzene rings is 5. The van der Waals surface area contributed by atoms with E-state index in [0.29, 0.717) is 22.3 Å². The lowest BCUT2D eigenvalue weighted by Gasteiger charge is -2.41. The number of fused-ring (bicyclic) bond motifs is 1. The summed E-state index contributed by atoms with van der Waals surface area (Å²) in [7, 11) is -4.86. The van der Waals surface area contributed by atoms with Crippen molar-refractivity contribution in [2.24, 2.45) is 0 Å². The van der Waals surface area contributed by atoms with Gasteiger partial charge in [0.15, 0.2) is 17.0 Å². The van der Waals surface area contributed by atoms with Crippen LogP contribution in [0.4, 0.5) is 0 Å². The summed E-state index contributed by atoms with van der Waals surface area (Å²) in [4.78, 5) is 11.8. The molecule has 0 amide bonds. The van der Waals surface area contributed by atoms with E-state index < -0.39 is 37.0 Å². The van der Waals surface area contributed by atoms with E-state index in [2.05, 4.69) is 0 Å². The van der Waals surface area contributed by atoms with Crippen molar-refractivity contribution >= 4 is 7.82 Å². The maximum absolute atomic E-state index is 14.4. The Kier molecular flexibility index (Phi) is 6.94. The van der Waals surface area contributed by atoms with E-state index in [0.717, 1.165) is 5.56 Å². The van der Waals surface area contributed by atoms with Crippen LogP contribution in [-0.2, 0) is 40.1 Å². The summed E-state index contributed by atoms with van der Waals surface area (Å²) in [5.41, 5.74) is 0.114. The number of ether oxygens (including phenoxy) is 2. The predicted octanol–water partition coefficient (Wildman–Crippen LogP) is 7.68. The maximum Gasteiger partial charge on any atom is 0.474 e. The van der Waals surface area contributed by atoms with Crippen molar-refractivity contribution in [2.45, 2.75) is 36.1 Å². The average Bonchev–Trinajstić information content (AvgIpc) is 3.40. The second-order valence-electron chi connectivity index (χ2n) is 11.0. The molecule has 2 atom stereocenters. The van der Waals surface area contributed by atoms with Crippen molar-refractivity contribution in [3.8, 4) is 0 Å². The highest BCUT2D eigenvalue weighted by molar-refractivity contribution is 7.47. The molecule has 216 valence electrons. The highest BCUT2D eigenvalue weighted by atomic mass is 31.2. The third-order valence-electron chi connectivity index (χ3n) is 8.41. The van der Waals surface area contributed by atoms with Crippen LogP contribution < -0.4 is 0 Å². The Hall–Kier alpha value is -3.87. The van der Waals surface area contributed by atoms with E-state index >= 15 is 0 Å². The Morgan fingerprint density at radius 2 is 0.744 bits per heavy atom. The highest BCUT2D eigenvalue weighted by Crippen LogP contribution is 2.67. The first kappa shape index (κ1) is 27.9. The van der Waals surface area contributed by atoms with Crippen molar-refractivity contribution < 1.29 is 28.0 Å². The van der Waals surface area contributed by atoms with Crippen molar-refractivity contribution in [3.63, 3.8) is 0 Å². The van der Waals surface area contributed by atoms with Gasteiger partial charge in [-0.25, -0.2) is 4.57 Å². The van der Waals surface area contributed by atoms with Gasteiger partial charge in [0.25, 0.3) is 0 Å². The second-order valence-corrected chi connectivity index (χ2v) is 12.3. The summed E-state index contributed by atoms with van der Waals surface area (Å²) in [5.74, 6) is -1.26. The third-order valence-corrected chi connectivity index (χ3v) is 9.44. The van der Waals surface area contributed by atoms with Crippen LogP contribution in [0.2, 0.25) is 0 Å². The molecule has 0 aliphatic carbocycles. The molecule has 0 bridgehead atoms. The summed E-state index contributed by atoms with van der Waals surface area (Å²) in [5, 5.41) is 0. The first-order valence-electron chi connectivity index (χ1n) is 14.2. The molecule has 5 aromatic rings. The average molecular weight is 591 g/mol. The molecule has 2 aliphatic rings. The summed E-state index contributed by atoms with van der Waals surface area (Å²) in [6, 6.07) is 47.3. The van der Waals surface area contributed by atoms with Gasteiger partial charge in [-0.2, -0.15) is 0 Å². The molecule has 0 saturated carbocycles. The number of rotatable bonds is 5. The molecule has 2 heterocycles. The molecule has 6 nitrogen and oxygen atoms in total. The Bertz CT molecular complexity index is 1550. The first-order chi connectivity index (χ1) is 20.9. The van der Waals surface area contributed by atoms with Gasteiger partial charge in [-0.05, 0) is 29.2 Å². The minimum atomic E-state index is -4.86. The Morgan fingerprint density at radius 1 is 0.488 bits per heavy atom. The minimum absolute atomic E-state index is 0.631. The summed E-state index contributed by atoms with van der Waals surface area (Å²) < 4.78 is 41.6. The first-order valence-corrected chi connectivity index (χ1v) is 15.7. The molecule has 5 aromatic carbocycles. The Morgan fingerprint density at radius 3 is 1.02 bits per heavy atom. The second kappa shape index (κ2) is 10.7. The summed E-state index contributed by atoms with van der Waals surface area (Å²) in [6.07, 6.45) is -1.93. The van der Waals surface area contributed by atoms with Crippen LogP contribution in [0.25, 0.3) is 0 Å². The third kappa shape index (κ3) is 4.59. The van der Waals surface area contributed by atoms with Gasteiger partial charge in [0, 0.05) is 5.56 Å². The van der Waals surface area contributed by atoms with Gasteiger partial charge in [0.1, 0.15) is 12.2 Å². The quantitative estimate of drug-likeness (QED) is 0.212. The Balaban J connectivity index is 1.59. The molecule has 0 radical (unpaired) electrons. The Labute approximate surface area is 251 Å². The number of hydrogen-bond donors (Lipinski definition) is 1. The van der Waals surface area contributed by atoms with Crippen LogP contribution in [0.1, 0.15) is 34.7 Å². The SMILES string of the molecule is CC1(c2ccccc2)O[C@@H]2[C@@H](O1)C(c1ccccc1)(c1ccccc1)OP(=O)(O)OC2(c1ccccc1)c1ccccc1.